The van der Waals surface area contributed by atoms with E-state index in [9.17, 15) is 4.79 Å². The van der Waals surface area contributed by atoms with Gasteiger partial charge in [-0.2, -0.15) is 0 Å². The van der Waals surface area contributed by atoms with Crippen LogP contribution in [0.2, 0.25) is 0 Å². The van der Waals surface area contributed by atoms with E-state index >= 15 is 0 Å². The standard InChI is InChI=1S/C13H9BrINO2/c14-8-1-6-11(13(16)17)12(7-8)18-10-4-2-9(15)3-5-10/h1-7H,(H2,16,17). The van der Waals surface area contributed by atoms with Crippen LogP contribution in [0.25, 0.3) is 0 Å². The van der Waals surface area contributed by atoms with Gasteiger partial charge in [0.25, 0.3) is 5.91 Å². The van der Waals surface area contributed by atoms with Gasteiger partial charge in [0.15, 0.2) is 0 Å². The van der Waals surface area contributed by atoms with E-state index < -0.39 is 5.91 Å². The van der Waals surface area contributed by atoms with E-state index in [0.29, 0.717) is 17.1 Å². The largest absolute Gasteiger partial charge is 0.456 e. The van der Waals surface area contributed by atoms with Crippen molar-refractivity contribution in [2.45, 2.75) is 0 Å². The molecule has 0 saturated heterocycles. The van der Waals surface area contributed by atoms with Crippen LogP contribution in [0.3, 0.4) is 0 Å². The van der Waals surface area contributed by atoms with E-state index in [-0.39, 0.29) is 0 Å². The summed E-state index contributed by atoms with van der Waals surface area (Å²) in [4.78, 5) is 11.3. The Balaban J connectivity index is 2.35. The van der Waals surface area contributed by atoms with Crippen molar-refractivity contribution in [2.75, 3.05) is 0 Å². The molecular weight excluding hydrogens is 409 g/mol. The average Bonchev–Trinajstić information content (AvgIpc) is 2.32. The van der Waals surface area contributed by atoms with Crippen LogP contribution in [-0.2, 0) is 0 Å². The van der Waals surface area contributed by atoms with Gasteiger partial charge < -0.3 is 10.5 Å². The fraction of sp³-hybridized carbons (Fsp3) is 0. The quantitative estimate of drug-likeness (QED) is 0.769. The molecule has 0 aromatic heterocycles. The highest BCUT2D eigenvalue weighted by molar-refractivity contribution is 14.1. The van der Waals surface area contributed by atoms with Gasteiger partial charge in [-0.25, -0.2) is 0 Å². The summed E-state index contributed by atoms with van der Waals surface area (Å²) in [5.41, 5.74) is 5.67. The molecule has 0 aliphatic rings. The molecule has 0 saturated carbocycles. The smallest absolute Gasteiger partial charge is 0.252 e. The van der Waals surface area contributed by atoms with Crippen LogP contribution in [0.4, 0.5) is 0 Å². The minimum absolute atomic E-state index is 0.358. The molecule has 92 valence electrons. The molecule has 18 heavy (non-hydrogen) atoms. The lowest BCUT2D eigenvalue weighted by atomic mass is 10.2. The number of benzene rings is 2. The van der Waals surface area contributed by atoms with E-state index in [1.807, 2.05) is 24.3 Å². The Hall–Kier alpha value is -1.08. The number of carbonyl (C=O) groups excluding carboxylic acids is 1. The Bertz CT molecular complexity index is 584. The number of ether oxygens (including phenoxy) is 1. The predicted octanol–water partition coefficient (Wildman–Crippen LogP) is 3.94. The van der Waals surface area contributed by atoms with Gasteiger partial charge in [-0.05, 0) is 65.1 Å². The van der Waals surface area contributed by atoms with Crippen LogP contribution in [0.5, 0.6) is 11.5 Å². The van der Waals surface area contributed by atoms with Crippen LogP contribution >= 0.6 is 38.5 Å². The van der Waals surface area contributed by atoms with E-state index in [4.69, 9.17) is 10.5 Å². The van der Waals surface area contributed by atoms with Crippen LogP contribution in [0.15, 0.2) is 46.9 Å². The molecule has 0 bridgehead atoms. The summed E-state index contributed by atoms with van der Waals surface area (Å²) < 4.78 is 7.61. The number of hydrogen-bond donors (Lipinski definition) is 1. The Kier molecular flexibility index (Phi) is 4.23. The zero-order valence-electron chi connectivity index (χ0n) is 9.19. The topological polar surface area (TPSA) is 52.3 Å². The normalized spacial score (nSPS) is 10.1. The molecule has 0 fully saturated rings. The molecule has 0 radical (unpaired) electrons. The summed E-state index contributed by atoms with van der Waals surface area (Å²) in [6, 6.07) is 12.6. The first kappa shape index (κ1) is 13.4. The number of hydrogen-bond acceptors (Lipinski definition) is 2. The number of amides is 1. The van der Waals surface area contributed by atoms with Crippen molar-refractivity contribution < 1.29 is 9.53 Å². The van der Waals surface area contributed by atoms with E-state index in [2.05, 4.69) is 38.5 Å². The lowest BCUT2D eigenvalue weighted by Gasteiger charge is -2.09. The van der Waals surface area contributed by atoms with Crippen molar-refractivity contribution in [3.63, 3.8) is 0 Å². The first-order valence-electron chi connectivity index (χ1n) is 5.09. The first-order chi connectivity index (χ1) is 8.56. The second kappa shape index (κ2) is 5.71. The van der Waals surface area contributed by atoms with Gasteiger partial charge in [-0.3, -0.25) is 4.79 Å². The minimum atomic E-state index is -0.511. The molecule has 2 aromatic rings. The number of primary amides is 1. The van der Waals surface area contributed by atoms with Gasteiger partial charge in [0.2, 0.25) is 0 Å². The average molecular weight is 418 g/mol. The number of nitrogens with two attached hydrogens (primary N) is 1. The second-order valence-corrected chi connectivity index (χ2v) is 5.72. The van der Waals surface area contributed by atoms with Crippen molar-refractivity contribution >= 4 is 44.4 Å². The maximum atomic E-state index is 11.3. The third-order valence-electron chi connectivity index (χ3n) is 2.25. The third kappa shape index (κ3) is 3.23. The zero-order chi connectivity index (χ0) is 13.1. The van der Waals surface area contributed by atoms with Gasteiger partial charge in [-0.1, -0.05) is 15.9 Å². The van der Waals surface area contributed by atoms with Gasteiger partial charge in [0.05, 0.1) is 5.56 Å². The van der Waals surface area contributed by atoms with Crippen molar-refractivity contribution in [3.8, 4) is 11.5 Å². The molecule has 0 unspecified atom stereocenters. The van der Waals surface area contributed by atoms with Gasteiger partial charge in [0, 0.05) is 8.04 Å². The van der Waals surface area contributed by atoms with Crippen molar-refractivity contribution in [3.05, 3.63) is 56.1 Å². The van der Waals surface area contributed by atoms with E-state index in [0.717, 1.165) is 8.04 Å². The lowest BCUT2D eigenvalue weighted by molar-refractivity contribution is 0.0998. The Morgan fingerprint density at radius 3 is 2.44 bits per heavy atom. The van der Waals surface area contributed by atoms with Crippen molar-refractivity contribution in [1.29, 1.82) is 0 Å². The molecule has 3 nitrogen and oxygen atoms in total. The molecule has 5 heteroatoms. The molecule has 2 aromatic carbocycles. The summed E-state index contributed by atoms with van der Waals surface area (Å²) in [5.74, 6) is 0.595. The molecule has 0 aliphatic heterocycles. The molecule has 2 rings (SSSR count). The number of halogens is 2. The molecule has 0 atom stereocenters. The second-order valence-electron chi connectivity index (χ2n) is 3.56. The maximum absolute atomic E-state index is 11.3. The highest BCUT2D eigenvalue weighted by atomic mass is 127. The highest BCUT2D eigenvalue weighted by Gasteiger charge is 2.10. The molecule has 2 N–H and O–H groups in total. The van der Waals surface area contributed by atoms with Crippen LogP contribution in [0, 0.1) is 3.57 Å². The molecule has 0 aliphatic carbocycles. The fourth-order valence-electron chi connectivity index (χ4n) is 1.41. The molecule has 0 heterocycles. The summed E-state index contributed by atoms with van der Waals surface area (Å²) in [6.07, 6.45) is 0. The van der Waals surface area contributed by atoms with E-state index in [1.54, 1.807) is 18.2 Å². The summed E-state index contributed by atoms with van der Waals surface area (Å²) in [6.45, 7) is 0. The zero-order valence-corrected chi connectivity index (χ0v) is 12.9. The van der Waals surface area contributed by atoms with Crippen molar-refractivity contribution in [1.82, 2.24) is 0 Å². The number of carbonyl (C=O) groups is 1. The SMILES string of the molecule is NC(=O)c1ccc(Br)cc1Oc1ccc(I)cc1. The molecular formula is C13H9BrINO2. The van der Waals surface area contributed by atoms with Crippen LogP contribution in [0.1, 0.15) is 10.4 Å². The summed E-state index contributed by atoms with van der Waals surface area (Å²) >= 11 is 5.55. The van der Waals surface area contributed by atoms with Gasteiger partial charge in [-0.15, -0.1) is 0 Å². The summed E-state index contributed by atoms with van der Waals surface area (Å²) in [5, 5.41) is 0. The van der Waals surface area contributed by atoms with Crippen molar-refractivity contribution in [2.24, 2.45) is 5.73 Å². The fourth-order valence-corrected chi connectivity index (χ4v) is 2.11. The predicted molar refractivity (Wildman–Crippen MR) is 81.9 cm³/mol. The van der Waals surface area contributed by atoms with Crippen LogP contribution in [-0.4, -0.2) is 5.91 Å². The van der Waals surface area contributed by atoms with Crippen LogP contribution < -0.4 is 10.5 Å². The first-order valence-corrected chi connectivity index (χ1v) is 6.96. The Labute approximate surface area is 127 Å². The molecule has 0 spiro atoms. The minimum Gasteiger partial charge on any atom is -0.456 e. The monoisotopic (exact) mass is 417 g/mol. The maximum Gasteiger partial charge on any atom is 0.252 e. The Morgan fingerprint density at radius 2 is 1.83 bits per heavy atom. The highest BCUT2D eigenvalue weighted by Crippen LogP contribution is 2.28. The summed E-state index contributed by atoms with van der Waals surface area (Å²) in [7, 11) is 0. The van der Waals surface area contributed by atoms with E-state index in [1.165, 1.54) is 0 Å². The number of rotatable bonds is 3. The third-order valence-corrected chi connectivity index (χ3v) is 3.46. The van der Waals surface area contributed by atoms with Gasteiger partial charge >= 0.3 is 0 Å². The Morgan fingerprint density at radius 1 is 1.17 bits per heavy atom. The molecule has 1 amide bonds. The lowest BCUT2D eigenvalue weighted by Crippen LogP contribution is -2.12. The van der Waals surface area contributed by atoms with Gasteiger partial charge in [0.1, 0.15) is 11.5 Å².